The van der Waals surface area contributed by atoms with Gasteiger partial charge in [0.1, 0.15) is 48.4 Å². The summed E-state index contributed by atoms with van der Waals surface area (Å²) in [6.07, 6.45) is -4.22. The molecule has 0 saturated carbocycles. The van der Waals surface area contributed by atoms with Crippen molar-refractivity contribution in [1.29, 1.82) is 0 Å². The van der Waals surface area contributed by atoms with Gasteiger partial charge >= 0.3 is 0 Å². The fraction of sp³-hybridized carbons (Fsp3) is 0.429. The van der Waals surface area contributed by atoms with Crippen LogP contribution in [0.3, 0.4) is 0 Å². The molecule has 0 bridgehead atoms. The fourth-order valence-electron chi connectivity index (χ4n) is 6.97. The van der Waals surface area contributed by atoms with Crippen LogP contribution < -0.4 is 32.3 Å². The molecule has 332 valence electrons. The number of hydrogen-bond donors (Lipinski definition) is 8. The lowest BCUT2D eigenvalue weighted by Crippen LogP contribution is -2.65. The maximum absolute atomic E-state index is 13.0. The molecule has 5 amide bonds. The Morgan fingerprint density at radius 1 is 0.935 bits per heavy atom. The van der Waals surface area contributed by atoms with E-state index in [2.05, 4.69) is 31.6 Å². The van der Waals surface area contributed by atoms with Gasteiger partial charge in [-0.25, -0.2) is 4.98 Å². The number of anilines is 1. The van der Waals surface area contributed by atoms with E-state index < -0.39 is 84.5 Å². The predicted molar refractivity (Wildman–Crippen MR) is 225 cm³/mol. The quantitative estimate of drug-likeness (QED) is 0.0237. The zero-order chi connectivity index (χ0) is 44.8. The van der Waals surface area contributed by atoms with Crippen molar-refractivity contribution in [3.63, 3.8) is 0 Å². The first-order chi connectivity index (χ1) is 29.8. The number of primary amides is 1. The minimum absolute atomic E-state index is 0.0608. The number of carbonyl (C=O) groups excluding carboxylic acids is 5. The van der Waals surface area contributed by atoms with Crippen molar-refractivity contribution in [1.82, 2.24) is 26.3 Å². The molecule has 1 fully saturated rings. The molecule has 20 nitrogen and oxygen atoms in total. The third kappa shape index (κ3) is 12.6. The Hall–Kier alpha value is -6.32. The number of aliphatic hydroxyl groups excluding tert-OH is 2. The minimum atomic E-state index is -1.49. The van der Waals surface area contributed by atoms with Gasteiger partial charge in [0.2, 0.25) is 29.5 Å². The summed E-state index contributed by atoms with van der Waals surface area (Å²) in [5.74, 6) is -3.34. The highest BCUT2D eigenvalue weighted by molar-refractivity contribution is 6.11. The number of nitro benzene ring substituents is 1. The summed E-state index contributed by atoms with van der Waals surface area (Å²) in [6, 6.07) is 17.6. The van der Waals surface area contributed by atoms with Crippen LogP contribution in [0.1, 0.15) is 45.1 Å². The number of carbonyl (C=O) groups is 5. The Morgan fingerprint density at radius 2 is 1.65 bits per heavy atom. The van der Waals surface area contributed by atoms with E-state index in [-0.39, 0.29) is 31.0 Å². The van der Waals surface area contributed by atoms with Crippen LogP contribution in [0.5, 0.6) is 0 Å². The summed E-state index contributed by atoms with van der Waals surface area (Å²) >= 11 is 0. The third-order valence-corrected chi connectivity index (χ3v) is 10.1. The molecule has 1 aliphatic heterocycles. The van der Waals surface area contributed by atoms with Gasteiger partial charge in [-0.05, 0) is 43.9 Å². The number of para-hydroxylation sites is 1. The molecule has 1 aromatic heterocycles. The zero-order valence-corrected chi connectivity index (χ0v) is 34.3. The van der Waals surface area contributed by atoms with Gasteiger partial charge in [0, 0.05) is 37.9 Å². The van der Waals surface area contributed by atoms with E-state index in [9.17, 15) is 44.3 Å². The number of aliphatic hydroxyl groups is 2. The van der Waals surface area contributed by atoms with E-state index in [1.54, 1.807) is 12.1 Å². The van der Waals surface area contributed by atoms with Crippen molar-refractivity contribution in [2.75, 3.05) is 31.6 Å². The Balaban J connectivity index is 1.05. The van der Waals surface area contributed by atoms with Crippen LogP contribution in [0, 0.1) is 10.1 Å². The molecule has 2 heterocycles. The van der Waals surface area contributed by atoms with Gasteiger partial charge < -0.3 is 56.7 Å². The van der Waals surface area contributed by atoms with E-state index >= 15 is 0 Å². The van der Waals surface area contributed by atoms with E-state index in [0.29, 0.717) is 48.0 Å². The molecule has 4 aromatic rings. The molecule has 0 spiro atoms. The molecule has 0 aliphatic carbocycles. The van der Waals surface area contributed by atoms with Crippen molar-refractivity contribution in [3.05, 3.63) is 88.5 Å². The second-order valence-electron chi connectivity index (χ2n) is 14.7. The number of unbranched alkanes of at least 4 members (excludes halogenated alkanes) is 1. The first-order valence-electron chi connectivity index (χ1n) is 20.1. The SMILES string of the molecule is CC(=O)NC1C(OCc2ccccc2)OC(CO)C(O)C1OCC(=O)NC(C)C(=O)NC(CCC(=O)NCCCCNc1c2ccccc2nc2cccc([N+](=O)[O-])c12)C(N)=O. The van der Waals surface area contributed by atoms with Gasteiger partial charge in [-0.15, -0.1) is 0 Å². The third-order valence-electron chi connectivity index (χ3n) is 10.1. The number of nitrogens with zero attached hydrogens (tertiary/aromatic N) is 2. The molecule has 20 heteroatoms. The molecule has 7 atom stereocenters. The smallest absolute Gasteiger partial charge is 0.280 e. The van der Waals surface area contributed by atoms with Crippen molar-refractivity contribution in [3.8, 4) is 0 Å². The number of aromatic nitrogens is 1. The highest BCUT2D eigenvalue weighted by Crippen LogP contribution is 2.36. The number of nitrogens with two attached hydrogens (primary N) is 1. The monoisotopic (exact) mass is 860 g/mol. The number of ether oxygens (including phenoxy) is 3. The topological polar surface area (TPSA) is 296 Å². The summed E-state index contributed by atoms with van der Waals surface area (Å²) in [5.41, 5.74) is 8.03. The molecular weight excluding hydrogens is 809 g/mol. The van der Waals surface area contributed by atoms with Gasteiger partial charge in [-0.3, -0.25) is 34.1 Å². The number of hydrogen-bond acceptors (Lipinski definition) is 14. The summed E-state index contributed by atoms with van der Waals surface area (Å²) in [7, 11) is 0. The van der Waals surface area contributed by atoms with Gasteiger partial charge in [0.25, 0.3) is 5.69 Å². The number of nitrogens with one attached hydrogen (secondary N) is 5. The van der Waals surface area contributed by atoms with Crippen LogP contribution in [0.25, 0.3) is 21.8 Å². The van der Waals surface area contributed by atoms with Gasteiger partial charge in [0.05, 0.1) is 34.9 Å². The number of pyridine rings is 1. The van der Waals surface area contributed by atoms with Crippen molar-refractivity contribution >= 4 is 62.7 Å². The lowest BCUT2D eigenvalue weighted by Gasteiger charge is -2.44. The molecule has 62 heavy (non-hydrogen) atoms. The van der Waals surface area contributed by atoms with E-state index in [1.165, 1.54) is 19.9 Å². The van der Waals surface area contributed by atoms with Crippen LogP contribution in [0.2, 0.25) is 0 Å². The largest absolute Gasteiger partial charge is 0.394 e. The van der Waals surface area contributed by atoms with E-state index in [1.807, 2.05) is 54.6 Å². The van der Waals surface area contributed by atoms with Gasteiger partial charge in [-0.2, -0.15) is 0 Å². The normalized spacial score (nSPS) is 19.5. The lowest BCUT2D eigenvalue weighted by atomic mass is 9.96. The van der Waals surface area contributed by atoms with Crippen LogP contribution >= 0.6 is 0 Å². The van der Waals surface area contributed by atoms with Crippen LogP contribution in [-0.4, -0.2) is 119 Å². The highest BCUT2D eigenvalue weighted by Gasteiger charge is 2.47. The summed E-state index contributed by atoms with van der Waals surface area (Å²) < 4.78 is 17.4. The second-order valence-corrected chi connectivity index (χ2v) is 14.7. The summed E-state index contributed by atoms with van der Waals surface area (Å²) in [4.78, 5) is 78.9. The molecule has 9 N–H and O–H groups in total. The second kappa shape index (κ2) is 22.5. The van der Waals surface area contributed by atoms with Gasteiger partial charge in [-0.1, -0.05) is 54.6 Å². The number of non-ortho nitro benzene ring substituents is 1. The van der Waals surface area contributed by atoms with E-state index in [4.69, 9.17) is 19.9 Å². The number of benzene rings is 3. The average Bonchev–Trinajstić information content (AvgIpc) is 3.25. The Morgan fingerprint density at radius 3 is 2.35 bits per heavy atom. The van der Waals surface area contributed by atoms with Crippen LogP contribution in [0.15, 0.2) is 72.8 Å². The molecule has 1 saturated heterocycles. The zero-order valence-electron chi connectivity index (χ0n) is 34.3. The molecule has 7 unspecified atom stereocenters. The van der Waals surface area contributed by atoms with Crippen LogP contribution in [0.4, 0.5) is 11.4 Å². The maximum atomic E-state index is 13.0. The van der Waals surface area contributed by atoms with Crippen molar-refractivity contribution in [2.24, 2.45) is 5.73 Å². The number of amides is 5. The summed E-state index contributed by atoms with van der Waals surface area (Å²) in [6.45, 7) is 2.10. The average molecular weight is 861 g/mol. The summed E-state index contributed by atoms with van der Waals surface area (Å²) in [5, 5.41) is 47.4. The van der Waals surface area contributed by atoms with E-state index in [0.717, 1.165) is 10.9 Å². The minimum Gasteiger partial charge on any atom is -0.394 e. The number of nitro groups is 1. The predicted octanol–water partition coefficient (Wildman–Crippen LogP) is 1.04. The molecule has 5 rings (SSSR count). The Bertz CT molecular complexity index is 2210. The first kappa shape index (κ1) is 46.7. The molecule has 0 radical (unpaired) electrons. The maximum Gasteiger partial charge on any atom is 0.280 e. The number of fused-ring (bicyclic) bond motifs is 2. The first-order valence-corrected chi connectivity index (χ1v) is 20.1. The lowest BCUT2D eigenvalue weighted by molar-refractivity contribution is -0.383. The molecule has 1 aliphatic rings. The highest BCUT2D eigenvalue weighted by atomic mass is 16.7. The standard InChI is InChI=1S/C42H52N8O12/c1-24(46-34(54)23-60-39-37(47-25(2)52)42(62-32(21-51)38(39)55)61-22-26-11-4-3-5-12-26)41(57)49-30(40(43)56)17-18-33(53)44-19-8-9-20-45-36-27-13-6-7-14-28(27)48-29-15-10-16-31(35(29)36)50(58)59/h3-7,10-16,24,30,32,37-39,42,51,55H,8-9,17-23H2,1-2H3,(H2,43,56)(H,44,53)(H,45,48)(H,46,54)(H,47,52)(H,49,57). The Labute approximate surface area is 356 Å². The Kier molecular flexibility index (Phi) is 17.0. The van der Waals surface area contributed by atoms with Crippen molar-refractivity contribution in [2.45, 2.75) is 88.9 Å². The van der Waals surface area contributed by atoms with Crippen molar-refractivity contribution < 1.29 is 53.3 Å². The number of rotatable bonds is 22. The molecular formula is C42H52N8O12. The van der Waals surface area contributed by atoms with Gasteiger partial charge in [0.15, 0.2) is 6.29 Å². The molecule has 3 aromatic carbocycles. The van der Waals surface area contributed by atoms with Crippen LogP contribution in [-0.2, 0) is 44.8 Å². The fourth-order valence-corrected chi connectivity index (χ4v) is 6.97.